The fraction of sp³-hybridized carbons (Fsp3) is 0.346. The van der Waals surface area contributed by atoms with Crippen LogP contribution in [0.15, 0.2) is 54.6 Å². The number of aliphatic carboxylic acids is 2. The zero-order chi connectivity index (χ0) is 27.7. The largest absolute Gasteiger partial charge is 0.497 e. The zero-order valence-electron chi connectivity index (χ0n) is 20.9. The number of rotatable bonds is 9. The van der Waals surface area contributed by atoms with Crippen LogP contribution in [0.2, 0.25) is 0 Å². The van der Waals surface area contributed by atoms with Crippen LogP contribution in [-0.2, 0) is 16.0 Å². The van der Waals surface area contributed by atoms with Crippen molar-refractivity contribution < 1.29 is 34.8 Å². The van der Waals surface area contributed by atoms with E-state index < -0.39 is 24.1 Å². The number of ether oxygens (including phenoxy) is 1. The number of anilines is 2. The van der Waals surface area contributed by atoms with Crippen LogP contribution in [-0.4, -0.2) is 94.3 Å². The predicted octanol–water partition coefficient (Wildman–Crippen LogP) is 1.64. The summed E-state index contributed by atoms with van der Waals surface area (Å²) in [4.78, 5) is 30.4. The highest BCUT2D eigenvalue weighted by Gasteiger charge is 2.29. The summed E-state index contributed by atoms with van der Waals surface area (Å²) in [6, 6.07) is 18.7. The van der Waals surface area contributed by atoms with Crippen molar-refractivity contribution in [2.24, 2.45) is 0 Å². The van der Waals surface area contributed by atoms with Gasteiger partial charge in [0.1, 0.15) is 5.75 Å². The first kappa shape index (κ1) is 28.9. The Balaban J connectivity index is 0.000000342. The van der Waals surface area contributed by atoms with Crippen molar-refractivity contribution in [1.82, 2.24) is 9.88 Å². The number of aliphatic hydroxyl groups excluding tert-OH is 2. The molecule has 1 aliphatic heterocycles. The summed E-state index contributed by atoms with van der Waals surface area (Å²) in [5.74, 6) is -2.63. The van der Waals surface area contributed by atoms with E-state index in [-0.39, 0.29) is 0 Å². The highest BCUT2D eigenvalue weighted by atomic mass is 32.1. The summed E-state index contributed by atoms with van der Waals surface area (Å²) < 4.78 is 5.25. The number of aromatic nitrogens is 1. The van der Waals surface area contributed by atoms with Crippen LogP contribution in [0.25, 0.3) is 11.3 Å². The summed E-state index contributed by atoms with van der Waals surface area (Å²) >= 11 is 1.62. The Morgan fingerprint density at radius 2 is 1.55 bits per heavy atom. The molecule has 2 unspecified atom stereocenters. The van der Waals surface area contributed by atoms with E-state index in [4.69, 9.17) is 30.9 Å². The number of thiazole rings is 1. The number of nitrogens with zero attached hydrogens (tertiary/aromatic N) is 3. The molecule has 11 nitrogen and oxygen atoms in total. The van der Waals surface area contributed by atoms with Gasteiger partial charge in [-0.2, -0.15) is 0 Å². The molecule has 0 spiro atoms. The van der Waals surface area contributed by atoms with Crippen molar-refractivity contribution in [3.8, 4) is 17.0 Å². The molecule has 1 aromatic heterocycles. The van der Waals surface area contributed by atoms with E-state index in [1.54, 1.807) is 18.4 Å². The van der Waals surface area contributed by atoms with Gasteiger partial charge in [0.15, 0.2) is 17.3 Å². The lowest BCUT2D eigenvalue weighted by molar-refractivity contribution is -0.165. The average Bonchev–Trinajstić information content (AvgIpc) is 3.32. The van der Waals surface area contributed by atoms with E-state index in [1.807, 2.05) is 30.3 Å². The number of carbonyl (C=O) groups is 2. The molecule has 1 saturated heterocycles. The van der Waals surface area contributed by atoms with E-state index in [0.717, 1.165) is 56.2 Å². The Labute approximate surface area is 224 Å². The molecule has 2 atom stereocenters. The molecule has 38 heavy (non-hydrogen) atoms. The number of methoxy groups -OCH3 is 1. The van der Waals surface area contributed by atoms with Crippen LogP contribution >= 0.6 is 11.3 Å². The average molecular weight is 545 g/mol. The molecule has 0 radical (unpaired) electrons. The second-order valence-electron chi connectivity index (χ2n) is 8.53. The van der Waals surface area contributed by atoms with Crippen molar-refractivity contribution in [2.75, 3.05) is 50.5 Å². The standard InChI is InChI=1S/C22H26N4OS.C4H6O6/c1-27-19-9-7-18(8-10-19)26-15-13-25(14-16-26)12-11-20-21(24-22(23)28-20)17-5-3-2-4-6-17;5-1(3(7)8)2(6)4(9)10/h2-10H,11-16H2,1H3,(H2,23,24);1-2,5-6H,(H,7,8)(H,9,10). The Morgan fingerprint density at radius 3 is 2.08 bits per heavy atom. The molecule has 6 N–H and O–H groups in total. The van der Waals surface area contributed by atoms with Crippen molar-refractivity contribution >= 4 is 34.1 Å². The smallest absolute Gasteiger partial charge is 0.335 e. The normalized spacial score (nSPS) is 15.2. The third kappa shape index (κ3) is 7.89. The van der Waals surface area contributed by atoms with Gasteiger partial charge in [-0.25, -0.2) is 14.6 Å². The van der Waals surface area contributed by atoms with Gasteiger partial charge in [-0.15, -0.1) is 11.3 Å². The predicted molar refractivity (Wildman–Crippen MR) is 145 cm³/mol. The molecule has 1 aliphatic rings. The molecule has 0 aliphatic carbocycles. The molecule has 2 heterocycles. The molecular formula is C26H32N4O7S. The summed E-state index contributed by atoms with van der Waals surface area (Å²) in [6.45, 7) is 5.27. The fourth-order valence-electron chi connectivity index (χ4n) is 3.91. The van der Waals surface area contributed by atoms with Crippen molar-refractivity contribution in [1.29, 1.82) is 0 Å². The monoisotopic (exact) mass is 544 g/mol. The molecule has 204 valence electrons. The maximum atomic E-state index is 9.77. The second kappa shape index (κ2) is 13.7. The van der Waals surface area contributed by atoms with Crippen molar-refractivity contribution in [3.05, 3.63) is 59.5 Å². The first-order valence-corrected chi connectivity index (χ1v) is 12.7. The minimum Gasteiger partial charge on any atom is -0.497 e. The van der Waals surface area contributed by atoms with Gasteiger partial charge < -0.3 is 35.8 Å². The van der Waals surface area contributed by atoms with Gasteiger partial charge in [-0.05, 0) is 30.7 Å². The molecule has 4 rings (SSSR count). The van der Waals surface area contributed by atoms with Crippen LogP contribution < -0.4 is 15.4 Å². The quantitative estimate of drug-likeness (QED) is 0.265. The lowest BCUT2D eigenvalue weighted by atomic mass is 10.1. The molecular weight excluding hydrogens is 512 g/mol. The van der Waals surface area contributed by atoms with Crippen LogP contribution in [0.4, 0.5) is 10.8 Å². The summed E-state index contributed by atoms with van der Waals surface area (Å²) in [5, 5.41) is 33.2. The lowest BCUT2D eigenvalue weighted by Crippen LogP contribution is -2.46. The topological polar surface area (TPSA) is 170 Å². The maximum Gasteiger partial charge on any atom is 0.335 e. The number of aliphatic hydroxyl groups is 2. The first-order chi connectivity index (χ1) is 18.2. The minimum atomic E-state index is -2.27. The fourth-order valence-corrected chi connectivity index (χ4v) is 4.76. The van der Waals surface area contributed by atoms with E-state index in [2.05, 4.69) is 39.0 Å². The van der Waals surface area contributed by atoms with E-state index in [9.17, 15) is 9.59 Å². The third-order valence-corrected chi connectivity index (χ3v) is 6.98. The van der Waals surface area contributed by atoms with Crippen LogP contribution in [0.3, 0.4) is 0 Å². The number of carboxylic acid groups (broad SMARTS) is 2. The van der Waals surface area contributed by atoms with Gasteiger partial charge in [0.2, 0.25) is 0 Å². The van der Waals surface area contributed by atoms with E-state index in [1.165, 1.54) is 10.6 Å². The number of benzene rings is 2. The second-order valence-corrected chi connectivity index (χ2v) is 9.65. The van der Waals surface area contributed by atoms with Gasteiger partial charge in [-0.1, -0.05) is 30.3 Å². The van der Waals surface area contributed by atoms with Crippen molar-refractivity contribution in [2.45, 2.75) is 18.6 Å². The zero-order valence-corrected chi connectivity index (χ0v) is 21.8. The summed E-state index contributed by atoms with van der Waals surface area (Å²) in [5.41, 5.74) is 9.46. The number of piperazine rings is 1. The van der Waals surface area contributed by atoms with E-state index in [0.29, 0.717) is 5.13 Å². The van der Waals surface area contributed by atoms with Crippen molar-refractivity contribution in [3.63, 3.8) is 0 Å². The molecule has 2 aromatic carbocycles. The number of carboxylic acids is 2. The molecule has 1 fully saturated rings. The van der Waals surface area contributed by atoms with E-state index >= 15 is 0 Å². The van der Waals surface area contributed by atoms with Gasteiger partial charge in [0, 0.05) is 48.9 Å². The SMILES string of the molecule is COc1ccc(N2CCN(CCc3sc(N)nc3-c3ccccc3)CC2)cc1.O=C(O)C(O)C(O)C(=O)O. The summed E-state index contributed by atoms with van der Waals surface area (Å²) in [7, 11) is 1.70. The molecule has 0 amide bonds. The van der Waals surface area contributed by atoms with Gasteiger partial charge in [0.25, 0.3) is 0 Å². The highest BCUT2D eigenvalue weighted by molar-refractivity contribution is 7.15. The molecule has 3 aromatic rings. The molecule has 12 heteroatoms. The Kier molecular flexibility index (Phi) is 10.4. The summed E-state index contributed by atoms with van der Waals surface area (Å²) in [6.07, 6.45) is -3.54. The number of hydrogen-bond donors (Lipinski definition) is 5. The number of hydrogen-bond acceptors (Lipinski definition) is 10. The minimum absolute atomic E-state index is 0.651. The van der Waals surface area contributed by atoms with Gasteiger partial charge in [-0.3, -0.25) is 4.90 Å². The number of nitrogens with two attached hydrogens (primary N) is 1. The van der Waals surface area contributed by atoms with Gasteiger partial charge in [0.05, 0.1) is 12.8 Å². The van der Waals surface area contributed by atoms with Crippen LogP contribution in [0.1, 0.15) is 4.88 Å². The number of nitrogen functional groups attached to an aromatic ring is 1. The Hall–Kier alpha value is -3.71. The molecule has 0 bridgehead atoms. The third-order valence-electron chi connectivity index (χ3n) is 6.03. The Bertz CT molecular complexity index is 1160. The maximum absolute atomic E-state index is 9.77. The molecule has 0 saturated carbocycles. The van der Waals surface area contributed by atoms with Gasteiger partial charge >= 0.3 is 11.9 Å². The van der Waals surface area contributed by atoms with Crippen LogP contribution in [0.5, 0.6) is 5.75 Å². The van der Waals surface area contributed by atoms with Crippen LogP contribution in [0, 0.1) is 0 Å². The Morgan fingerprint density at radius 1 is 0.974 bits per heavy atom. The highest BCUT2D eigenvalue weighted by Crippen LogP contribution is 2.30. The first-order valence-electron chi connectivity index (χ1n) is 11.9. The lowest BCUT2D eigenvalue weighted by Gasteiger charge is -2.36.